The predicted octanol–water partition coefficient (Wildman–Crippen LogP) is 4.17. The first-order chi connectivity index (χ1) is 19.1. The second-order valence-electron chi connectivity index (χ2n) is 9.57. The van der Waals surface area contributed by atoms with Crippen molar-refractivity contribution in [2.45, 2.75) is 46.0 Å². The molecule has 2 atom stereocenters. The van der Waals surface area contributed by atoms with Gasteiger partial charge in [-0.1, -0.05) is 6.07 Å². The van der Waals surface area contributed by atoms with Gasteiger partial charge in [0, 0.05) is 31.1 Å². The van der Waals surface area contributed by atoms with Gasteiger partial charge in [-0.15, -0.1) is 0 Å². The molecule has 1 aliphatic rings. The molecule has 1 saturated heterocycles. The Labute approximate surface area is 236 Å². The normalized spacial score (nSPS) is 16.8. The third-order valence-electron chi connectivity index (χ3n) is 6.48. The lowest BCUT2D eigenvalue weighted by Gasteiger charge is -2.24. The number of Topliss-reactive ketones (excluding diaryl/α,β-unsaturated/α-hetero) is 1. The molecule has 0 bridgehead atoms. The number of ether oxygens (including phenoxy) is 1. The lowest BCUT2D eigenvalue weighted by Crippen LogP contribution is -2.44. The first-order valence-corrected chi connectivity index (χ1v) is 13.2. The number of nitrogens with zero attached hydrogens (tertiary/aromatic N) is 6. The van der Waals surface area contributed by atoms with Crippen LogP contribution in [-0.2, 0) is 16.1 Å². The number of ketones is 1. The Balaban J connectivity index is 1.38. The third-order valence-corrected chi connectivity index (χ3v) is 6.93. The number of benzene rings is 1. The number of anilines is 1. The van der Waals surface area contributed by atoms with Crippen molar-refractivity contribution in [3.63, 3.8) is 0 Å². The van der Waals surface area contributed by atoms with Crippen LogP contribution in [0.4, 0.5) is 10.2 Å². The molecule has 3 aromatic heterocycles. The average Bonchev–Trinajstić information content (AvgIpc) is 3.48. The van der Waals surface area contributed by atoms with Gasteiger partial charge in [0.2, 0.25) is 11.8 Å². The number of nitrogens with one attached hydrogen (secondary N) is 1. The van der Waals surface area contributed by atoms with E-state index < -0.39 is 24.0 Å². The smallest absolute Gasteiger partial charge is 0.321 e. The van der Waals surface area contributed by atoms with Gasteiger partial charge in [-0.25, -0.2) is 19.3 Å². The molecule has 0 aliphatic carbocycles. The minimum absolute atomic E-state index is 0.134. The topological polar surface area (TPSA) is 132 Å². The molecule has 0 spiro atoms. The van der Waals surface area contributed by atoms with Crippen molar-refractivity contribution >= 4 is 50.2 Å². The molecular weight excluding hydrogens is 585 g/mol. The number of carbonyl (C=O) groups is 3. The summed E-state index contributed by atoms with van der Waals surface area (Å²) in [6.45, 7) is 4.49. The zero-order valence-corrected chi connectivity index (χ0v) is 23.5. The third kappa shape index (κ3) is 5.69. The summed E-state index contributed by atoms with van der Waals surface area (Å²) in [6.07, 6.45) is 1.75. The van der Waals surface area contributed by atoms with Crippen LogP contribution in [0.25, 0.3) is 10.9 Å². The zero-order chi connectivity index (χ0) is 28.6. The number of aryl methyl sites for hydroxylation is 2. The van der Waals surface area contributed by atoms with Gasteiger partial charge in [0.25, 0.3) is 0 Å². The van der Waals surface area contributed by atoms with Gasteiger partial charge < -0.3 is 15.0 Å². The van der Waals surface area contributed by atoms with Gasteiger partial charge in [-0.05, 0) is 65.2 Å². The molecule has 1 fully saturated rings. The molecule has 0 radical (unpaired) electrons. The van der Waals surface area contributed by atoms with E-state index in [0.29, 0.717) is 27.1 Å². The van der Waals surface area contributed by atoms with Crippen LogP contribution >= 0.6 is 15.9 Å². The van der Waals surface area contributed by atoms with Crippen molar-refractivity contribution in [1.29, 1.82) is 0 Å². The summed E-state index contributed by atoms with van der Waals surface area (Å²) >= 11 is 3.27. The number of likely N-dealkylation sites (tertiary alicyclic amines) is 1. The number of fused-ring (bicyclic) bond motifs is 1. The highest BCUT2D eigenvalue weighted by atomic mass is 79.9. The number of alkyl halides is 1. The predicted molar refractivity (Wildman–Crippen MR) is 147 cm³/mol. The Morgan fingerprint density at radius 2 is 1.90 bits per heavy atom. The molecular formula is C27H25BrFN7O4. The first kappa shape index (κ1) is 27.3. The molecule has 11 nitrogen and oxygen atoms in total. The Morgan fingerprint density at radius 3 is 2.62 bits per heavy atom. The van der Waals surface area contributed by atoms with Crippen LogP contribution in [0.15, 0.2) is 47.3 Å². The summed E-state index contributed by atoms with van der Waals surface area (Å²) in [6, 6.07) is 7.58. The van der Waals surface area contributed by atoms with Crippen molar-refractivity contribution in [3.8, 4) is 11.8 Å². The highest BCUT2D eigenvalue weighted by Gasteiger charge is 2.40. The maximum atomic E-state index is 14.5. The van der Waals surface area contributed by atoms with E-state index in [2.05, 4.69) is 41.3 Å². The maximum Gasteiger partial charge on any atom is 0.321 e. The second kappa shape index (κ2) is 11.1. The van der Waals surface area contributed by atoms with E-state index in [1.807, 2.05) is 6.92 Å². The van der Waals surface area contributed by atoms with Gasteiger partial charge in [0.1, 0.15) is 40.6 Å². The van der Waals surface area contributed by atoms with E-state index in [4.69, 9.17) is 4.74 Å². The molecule has 1 aliphatic heterocycles. The second-order valence-corrected chi connectivity index (χ2v) is 10.4. The minimum atomic E-state index is -1.36. The Bertz CT molecular complexity index is 1630. The van der Waals surface area contributed by atoms with E-state index in [0.717, 1.165) is 11.1 Å². The lowest BCUT2D eigenvalue weighted by atomic mass is 10.1. The number of halogens is 2. The summed E-state index contributed by atoms with van der Waals surface area (Å²) in [5.41, 5.74) is 2.25. The molecule has 40 heavy (non-hydrogen) atoms. The molecule has 5 rings (SSSR count). The van der Waals surface area contributed by atoms with Crippen molar-refractivity contribution in [1.82, 2.24) is 29.6 Å². The molecule has 206 valence electrons. The monoisotopic (exact) mass is 609 g/mol. The van der Waals surface area contributed by atoms with Crippen LogP contribution in [0, 0.1) is 13.8 Å². The number of aromatic nitrogens is 5. The van der Waals surface area contributed by atoms with Crippen LogP contribution in [0.1, 0.15) is 35.0 Å². The van der Waals surface area contributed by atoms with Crippen LogP contribution < -0.4 is 10.1 Å². The van der Waals surface area contributed by atoms with E-state index in [1.165, 1.54) is 16.5 Å². The van der Waals surface area contributed by atoms with Crippen LogP contribution in [0.5, 0.6) is 11.8 Å². The summed E-state index contributed by atoms with van der Waals surface area (Å²) in [5.74, 6) is -0.631. The molecule has 0 unspecified atom stereocenters. The number of hydrogen-bond donors (Lipinski definition) is 1. The van der Waals surface area contributed by atoms with E-state index in [9.17, 15) is 18.8 Å². The number of amides is 2. The number of pyridine rings is 1. The Hall–Kier alpha value is -4.26. The standard InChI is InChI=1S/C27H25BrFN7O4/c1-14-10-30-27(31-11-14)40-18-5-6-20-19(9-18)24(16(3)37)34-36(20)13-23(38)35-12-17(29)8-21(35)26(39)33-25-15(2)4-7-22(28)32-25/h4-7,9-11,17,21H,8,12-13H2,1-3H3,(H,32,33,39)/t17-,21+/m1/s1. The maximum absolute atomic E-state index is 14.5. The van der Waals surface area contributed by atoms with E-state index in [1.54, 1.807) is 49.6 Å². The van der Waals surface area contributed by atoms with Crippen LogP contribution in [-0.4, -0.2) is 66.0 Å². The van der Waals surface area contributed by atoms with Gasteiger partial charge >= 0.3 is 6.01 Å². The molecule has 0 saturated carbocycles. The number of rotatable bonds is 7. The fraction of sp³-hybridized carbons (Fsp3) is 0.296. The average molecular weight is 610 g/mol. The lowest BCUT2D eigenvalue weighted by molar-refractivity contribution is -0.137. The van der Waals surface area contributed by atoms with Crippen molar-refractivity contribution < 1.29 is 23.5 Å². The molecule has 1 N–H and O–H groups in total. The fourth-order valence-corrected chi connectivity index (χ4v) is 4.81. The summed E-state index contributed by atoms with van der Waals surface area (Å²) in [5, 5.41) is 7.54. The van der Waals surface area contributed by atoms with Crippen LogP contribution in [0.2, 0.25) is 0 Å². The molecule has 1 aromatic carbocycles. The zero-order valence-electron chi connectivity index (χ0n) is 21.9. The Morgan fingerprint density at radius 1 is 1.15 bits per heavy atom. The molecule has 2 amide bonds. The highest BCUT2D eigenvalue weighted by molar-refractivity contribution is 9.10. The molecule has 4 aromatic rings. The number of hydrogen-bond acceptors (Lipinski definition) is 8. The summed E-state index contributed by atoms with van der Waals surface area (Å²) in [4.78, 5) is 52.6. The first-order valence-electron chi connectivity index (χ1n) is 12.4. The van der Waals surface area contributed by atoms with Crippen LogP contribution in [0.3, 0.4) is 0 Å². The van der Waals surface area contributed by atoms with Gasteiger partial charge in [0.15, 0.2) is 5.78 Å². The van der Waals surface area contributed by atoms with E-state index in [-0.39, 0.29) is 37.0 Å². The van der Waals surface area contributed by atoms with E-state index >= 15 is 0 Å². The SMILES string of the molecule is CC(=O)c1nn(CC(=O)N2C[C@H](F)C[C@H]2C(=O)Nc2nc(Br)ccc2C)c2ccc(Oc3ncc(C)cn3)cc12. The fourth-order valence-electron chi connectivity index (χ4n) is 4.50. The largest absolute Gasteiger partial charge is 0.424 e. The molecule has 13 heteroatoms. The van der Waals surface area contributed by atoms with Crippen molar-refractivity contribution in [2.24, 2.45) is 0 Å². The van der Waals surface area contributed by atoms with Gasteiger partial charge in [0.05, 0.1) is 12.1 Å². The highest BCUT2D eigenvalue weighted by Crippen LogP contribution is 2.28. The van der Waals surface area contributed by atoms with Gasteiger partial charge in [-0.2, -0.15) is 5.10 Å². The summed E-state index contributed by atoms with van der Waals surface area (Å²) < 4.78 is 22.1. The minimum Gasteiger partial charge on any atom is -0.424 e. The molecule has 4 heterocycles. The number of carbonyl (C=O) groups excluding carboxylic acids is 3. The Kier molecular flexibility index (Phi) is 7.57. The van der Waals surface area contributed by atoms with Crippen molar-refractivity contribution in [2.75, 3.05) is 11.9 Å². The summed E-state index contributed by atoms with van der Waals surface area (Å²) in [7, 11) is 0. The quantitative estimate of drug-likeness (QED) is 0.244. The van der Waals surface area contributed by atoms with Crippen molar-refractivity contribution in [3.05, 3.63) is 64.1 Å². The van der Waals surface area contributed by atoms with Gasteiger partial charge in [-0.3, -0.25) is 19.1 Å².